The lowest BCUT2D eigenvalue weighted by atomic mass is 9.99. The van der Waals surface area contributed by atoms with Crippen LogP contribution in [-0.2, 0) is 4.79 Å². The molecule has 2 saturated heterocycles. The summed E-state index contributed by atoms with van der Waals surface area (Å²) in [4.78, 5) is 17.2. The molecule has 1 N–H and O–H groups in total. The summed E-state index contributed by atoms with van der Waals surface area (Å²) in [5.41, 5.74) is 1.38. The summed E-state index contributed by atoms with van der Waals surface area (Å²) in [6.45, 7) is 9.42. The average Bonchev–Trinajstić information content (AvgIpc) is 2.64. The Kier molecular flexibility index (Phi) is 6.49. The molecule has 0 aliphatic carbocycles. The van der Waals surface area contributed by atoms with Crippen molar-refractivity contribution in [2.45, 2.75) is 51.6 Å². The number of piperidine rings is 2. The Morgan fingerprint density at radius 3 is 2.36 bits per heavy atom. The van der Waals surface area contributed by atoms with E-state index in [1.54, 1.807) is 0 Å². The fourth-order valence-corrected chi connectivity index (χ4v) is 4.07. The Hall–Kier alpha value is -1.39. The highest BCUT2D eigenvalue weighted by Gasteiger charge is 2.25. The highest BCUT2D eigenvalue weighted by molar-refractivity contribution is 5.78. The standard InChI is InChI=1S/C21H33N3O/c1-17-8-12-23(13-9-17)16-21(25)22-20-10-14-24(15-11-20)18(2)19-6-4-3-5-7-19/h3-7,17-18,20H,8-16H2,1-2H3,(H,22,25). The number of benzene rings is 1. The van der Waals surface area contributed by atoms with Crippen LogP contribution in [0.4, 0.5) is 0 Å². The molecule has 2 heterocycles. The minimum absolute atomic E-state index is 0.212. The van der Waals surface area contributed by atoms with Crippen molar-refractivity contribution in [2.75, 3.05) is 32.7 Å². The van der Waals surface area contributed by atoms with Gasteiger partial charge in [0, 0.05) is 25.2 Å². The van der Waals surface area contributed by atoms with Gasteiger partial charge in [-0.2, -0.15) is 0 Å². The van der Waals surface area contributed by atoms with Crippen molar-refractivity contribution in [3.63, 3.8) is 0 Å². The Labute approximate surface area is 152 Å². The minimum atomic E-state index is 0.212. The molecular formula is C21H33N3O. The van der Waals surface area contributed by atoms with Gasteiger partial charge in [0.05, 0.1) is 6.54 Å². The maximum absolute atomic E-state index is 12.3. The predicted molar refractivity (Wildman–Crippen MR) is 102 cm³/mol. The molecule has 1 unspecified atom stereocenters. The molecule has 0 saturated carbocycles. The van der Waals surface area contributed by atoms with Gasteiger partial charge in [-0.25, -0.2) is 0 Å². The van der Waals surface area contributed by atoms with Crippen LogP contribution in [0.15, 0.2) is 30.3 Å². The Morgan fingerprint density at radius 2 is 1.72 bits per heavy atom. The van der Waals surface area contributed by atoms with E-state index in [0.717, 1.165) is 44.9 Å². The highest BCUT2D eigenvalue weighted by Crippen LogP contribution is 2.24. The van der Waals surface area contributed by atoms with Gasteiger partial charge in [-0.3, -0.25) is 14.6 Å². The summed E-state index contributed by atoms with van der Waals surface area (Å²) in [7, 11) is 0. The van der Waals surface area contributed by atoms with Crippen LogP contribution in [0.3, 0.4) is 0 Å². The zero-order valence-corrected chi connectivity index (χ0v) is 15.8. The first-order chi connectivity index (χ1) is 12.1. The third-order valence-corrected chi connectivity index (χ3v) is 5.97. The summed E-state index contributed by atoms with van der Waals surface area (Å²) in [6, 6.07) is 11.5. The van der Waals surface area contributed by atoms with E-state index in [1.807, 2.05) is 0 Å². The average molecular weight is 344 g/mol. The molecule has 0 bridgehead atoms. The van der Waals surface area contributed by atoms with Gasteiger partial charge in [0.25, 0.3) is 0 Å². The van der Waals surface area contributed by atoms with E-state index in [-0.39, 0.29) is 5.91 Å². The maximum Gasteiger partial charge on any atom is 0.234 e. The van der Waals surface area contributed by atoms with E-state index >= 15 is 0 Å². The maximum atomic E-state index is 12.3. The van der Waals surface area contributed by atoms with Gasteiger partial charge >= 0.3 is 0 Å². The van der Waals surface area contributed by atoms with Crippen molar-refractivity contribution >= 4 is 5.91 Å². The number of nitrogens with zero attached hydrogens (tertiary/aromatic N) is 2. The van der Waals surface area contributed by atoms with Crippen LogP contribution in [0.2, 0.25) is 0 Å². The van der Waals surface area contributed by atoms with Gasteiger partial charge < -0.3 is 5.32 Å². The highest BCUT2D eigenvalue weighted by atomic mass is 16.2. The first kappa shape index (κ1) is 18.4. The number of carbonyl (C=O) groups excluding carboxylic acids is 1. The van der Waals surface area contributed by atoms with Crippen LogP contribution in [0.5, 0.6) is 0 Å². The molecule has 0 aromatic heterocycles. The quantitative estimate of drug-likeness (QED) is 0.892. The molecule has 1 atom stereocenters. The number of carbonyl (C=O) groups is 1. The summed E-state index contributed by atoms with van der Waals surface area (Å²) in [5, 5.41) is 3.27. The predicted octanol–water partition coefficient (Wildman–Crippen LogP) is 3.06. The smallest absolute Gasteiger partial charge is 0.234 e. The Morgan fingerprint density at radius 1 is 1.08 bits per heavy atom. The molecule has 3 rings (SSSR count). The van der Waals surface area contributed by atoms with Gasteiger partial charge in [0.2, 0.25) is 5.91 Å². The van der Waals surface area contributed by atoms with E-state index in [9.17, 15) is 4.79 Å². The van der Waals surface area contributed by atoms with Crippen molar-refractivity contribution in [3.8, 4) is 0 Å². The van der Waals surface area contributed by atoms with Crippen LogP contribution in [0, 0.1) is 5.92 Å². The van der Waals surface area contributed by atoms with Gasteiger partial charge in [0.15, 0.2) is 0 Å². The lowest BCUT2D eigenvalue weighted by Gasteiger charge is -2.37. The largest absolute Gasteiger partial charge is 0.352 e. The van der Waals surface area contributed by atoms with E-state index in [4.69, 9.17) is 0 Å². The van der Waals surface area contributed by atoms with Crippen molar-refractivity contribution < 1.29 is 4.79 Å². The van der Waals surface area contributed by atoms with Gasteiger partial charge in [-0.05, 0) is 57.2 Å². The summed E-state index contributed by atoms with van der Waals surface area (Å²) >= 11 is 0. The molecule has 2 aliphatic heterocycles. The van der Waals surface area contributed by atoms with Crippen molar-refractivity contribution in [3.05, 3.63) is 35.9 Å². The van der Waals surface area contributed by atoms with Crippen molar-refractivity contribution in [2.24, 2.45) is 5.92 Å². The molecule has 1 amide bonds. The van der Waals surface area contributed by atoms with E-state index in [0.29, 0.717) is 18.6 Å². The van der Waals surface area contributed by atoms with Crippen molar-refractivity contribution in [1.29, 1.82) is 0 Å². The normalized spacial score (nSPS) is 22.6. The monoisotopic (exact) mass is 343 g/mol. The summed E-state index contributed by atoms with van der Waals surface area (Å²) in [5.74, 6) is 1.03. The second-order valence-corrected chi connectivity index (χ2v) is 7.92. The third kappa shape index (κ3) is 5.29. The topological polar surface area (TPSA) is 35.6 Å². The van der Waals surface area contributed by atoms with Crippen molar-refractivity contribution in [1.82, 2.24) is 15.1 Å². The summed E-state index contributed by atoms with van der Waals surface area (Å²) < 4.78 is 0. The SMILES string of the molecule is CC1CCN(CC(=O)NC2CCN(C(C)c3ccccc3)CC2)CC1. The lowest BCUT2D eigenvalue weighted by Crippen LogP contribution is -2.48. The fourth-order valence-electron chi connectivity index (χ4n) is 4.07. The molecule has 1 aromatic rings. The van der Waals surface area contributed by atoms with Gasteiger partial charge in [0.1, 0.15) is 0 Å². The molecule has 1 aromatic carbocycles. The Balaban J connectivity index is 1.39. The molecule has 4 nitrogen and oxygen atoms in total. The van der Waals surface area contributed by atoms with Gasteiger partial charge in [-0.1, -0.05) is 37.3 Å². The van der Waals surface area contributed by atoms with Gasteiger partial charge in [-0.15, -0.1) is 0 Å². The van der Waals surface area contributed by atoms with E-state index in [1.165, 1.54) is 18.4 Å². The minimum Gasteiger partial charge on any atom is -0.352 e. The van der Waals surface area contributed by atoms with Crippen LogP contribution in [-0.4, -0.2) is 54.5 Å². The number of likely N-dealkylation sites (tertiary alicyclic amines) is 2. The number of rotatable bonds is 5. The number of nitrogens with one attached hydrogen (secondary N) is 1. The zero-order valence-electron chi connectivity index (χ0n) is 15.8. The third-order valence-electron chi connectivity index (χ3n) is 5.97. The Bertz CT molecular complexity index is 531. The molecule has 0 radical (unpaired) electrons. The molecule has 25 heavy (non-hydrogen) atoms. The number of amides is 1. The second kappa shape index (κ2) is 8.81. The van der Waals surface area contributed by atoms with E-state index in [2.05, 4.69) is 59.3 Å². The summed E-state index contributed by atoms with van der Waals surface area (Å²) in [6.07, 6.45) is 4.56. The first-order valence-electron chi connectivity index (χ1n) is 9.92. The molecule has 138 valence electrons. The lowest BCUT2D eigenvalue weighted by molar-refractivity contribution is -0.123. The fraction of sp³-hybridized carbons (Fsp3) is 0.667. The van der Waals surface area contributed by atoms with E-state index < -0.39 is 0 Å². The second-order valence-electron chi connectivity index (χ2n) is 7.92. The van der Waals surface area contributed by atoms with Crippen LogP contribution in [0.1, 0.15) is 51.1 Å². The van der Waals surface area contributed by atoms with Crippen LogP contribution in [0.25, 0.3) is 0 Å². The first-order valence-corrected chi connectivity index (χ1v) is 9.92. The molecule has 0 spiro atoms. The van der Waals surface area contributed by atoms with Crippen LogP contribution >= 0.6 is 0 Å². The number of hydrogen-bond donors (Lipinski definition) is 1. The molecule has 2 fully saturated rings. The number of hydrogen-bond acceptors (Lipinski definition) is 3. The molecular weight excluding hydrogens is 310 g/mol. The van der Waals surface area contributed by atoms with Crippen LogP contribution < -0.4 is 5.32 Å². The zero-order chi connectivity index (χ0) is 17.6. The molecule has 4 heteroatoms. The molecule has 2 aliphatic rings.